The number of hydrogen-bond donors (Lipinski definition) is 1. The minimum Gasteiger partial charge on any atom is -0.504 e. The van der Waals surface area contributed by atoms with Crippen LogP contribution in [0.25, 0.3) is 22.0 Å². The summed E-state index contributed by atoms with van der Waals surface area (Å²) in [4.78, 5) is 22.6. The number of phenolic OH excluding ortho intramolecular Hbond substituents is 1. The van der Waals surface area contributed by atoms with Gasteiger partial charge in [0.1, 0.15) is 0 Å². The number of aromatic nitrogens is 1. The van der Waals surface area contributed by atoms with E-state index in [4.69, 9.17) is 4.74 Å². The summed E-state index contributed by atoms with van der Waals surface area (Å²) in [7, 11) is 5.84. The van der Waals surface area contributed by atoms with Crippen molar-refractivity contribution in [2.24, 2.45) is 5.92 Å². The lowest BCUT2D eigenvalue weighted by molar-refractivity contribution is 0.0967. The van der Waals surface area contributed by atoms with Gasteiger partial charge in [0.25, 0.3) is 0 Å². The van der Waals surface area contributed by atoms with Gasteiger partial charge in [0.05, 0.1) is 23.9 Å². The Balaban J connectivity index is 1.64. The van der Waals surface area contributed by atoms with Crippen molar-refractivity contribution in [1.29, 1.82) is 0 Å². The van der Waals surface area contributed by atoms with Gasteiger partial charge < -0.3 is 19.6 Å². The number of anilines is 1. The first kappa shape index (κ1) is 21.7. The summed E-state index contributed by atoms with van der Waals surface area (Å²) < 4.78 is 5.31. The number of methoxy groups -OCH3 is 1. The van der Waals surface area contributed by atoms with Gasteiger partial charge in [-0.05, 0) is 81.2 Å². The van der Waals surface area contributed by atoms with E-state index in [9.17, 15) is 9.90 Å². The standard InChI is InChI=1S/C27H31N3O3/c1-29-12-10-20(11-13-29)30(2)26-21-14-18(19-7-9-24(31)25(15-19)33-3)6-8-23(21)28-16-22(26)27(32)17-4-5-17/h6-9,14-17,20,31H,4-5,10-13H2,1-3H3. The van der Waals surface area contributed by atoms with Gasteiger partial charge in [0.15, 0.2) is 17.3 Å². The van der Waals surface area contributed by atoms with Crippen LogP contribution in [0.3, 0.4) is 0 Å². The molecule has 0 atom stereocenters. The van der Waals surface area contributed by atoms with Gasteiger partial charge in [0, 0.05) is 30.6 Å². The highest BCUT2D eigenvalue weighted by Crippen LogP contribution is 2.40. The Bertz CT molecular complexity index is 1200. The van der Waals surface area contributed by atoms with E-state index in [-0.39, 0.29) is 17.5 Å². The van der Waals surface area contributed by atoms with Crippen molar-refractivity contribution in [1.82, 2.24) is 9.88 Å². The summed E-state index contributed by atoms with van der Waals surface area (Å²) in [5.74, 6) is 0.907. The Morgan fingerprint density at radius 3 is 2.48 bits per heavy atom. The molecule has 6 nitrogen and oxygen atoms in total. The number of piperidine rings is 1. The Labute approximate surface area is 194 Å². The molecule has 5 rings (SSSR count). The number of carbonyl (C=O) groups excluding carboxylic acids is 1. The zero-order valence-corrected chi connectivity index (χ0v) is 19.5. The monoisotopic (exact) mass is 445 g/mol. The molecule has 2 aromatic carbocycles. The third-order valence-electron chi connectivity index (χ3n) is 7.15. The SMILES string of the molecule is COc1cc(-c2ccc3ncc(C(=O)C4CC4)c(N(C)C4CCN(C)CC4)c3c2)ccc1O. The van der Waals surface area contributed by atoms with Crippen molar-refractivity contribution in [3.63, 3.8) is 0 Å². The van der Waals surface area contributed by atoms with E-state index >= 15 is 0 Å². The fourth-order valence-corrected chi connectivity index (χ4v) is 4.91. The van der Waals surface area contributed by atoms with Crippen LogP contribution < -0.4 is 9.64 Å². The molecule has 1 aliphatic carbocycles. The number of likely N-dealkylation sites (tertiary alicyclic amines) is 1. The number of carbonyl (C=O) groups is 1. The van der Waals surface area contributed by atoms with E-state index < -0.39 is 0 Å². The molecular formula is C27H31N3O3. The zero-order chi connectivity index (χ0) is 23.1. The van der Waals surface area contributed by atoms with Gasteiger partial charge in [-0.25, -0.2) is 0 Å². The third kappa shape index (κ3) is 4.15. The molecule has 2 heterocycles. The van der Waals surface area contributed by atoms with Crippen molar-refractivity contribution in [3.05, 3.63) is 48.2 Å². The number of nitrogens with zero attached hydrogens (tertiary/aromatic N) is 3. The Hall–Kier alpha value is -3.12. The molecule has 33 heavy (non-hydrogen) atoms. The molecule has 6 heteroatoms. The molecule has 0 bridgehead atoms. The lowest BCUT2D eigenvalue weighted by Crippen LogP contribution is -2.42. The van der Waals surface area contributed by atoms with Crippen LogP contribution >= 0.6 is 0 Å². The highest BCUT2D eigenvalue weighted by atomic mass is 16.5. The van der Waals surface area contributed by atoms with Crippen molar-refractivity contribution in [2.45, 2.75) is 31.7 Å². The number of phenols is 1. The van der Waals surface area contributed by atoms with Crippen LogP contribution in [0.2, 0.25) is 0 Å². The number of ether oxygens (including phenoxy) is 1. The first-order valence-electron chi connectivity index (χ1n) is 11.7. The number of ketones is 1. The maximum Gasteiger partial charge on any atom is 0.169 e. The van der Waals surface area contributed by atoms with Crippen LogP contribution in [0.5, 0.6) is 11.5 Å². The number of hydrogen-bond acceptors (Lipinski definition) is 6. The summed E-state index contributed by atoms with van der Waals surface area (Å²) in [6, 6.07) is 11.9. The van der Waals surface area contributed by atoms with Crippen molar-refractivity contribution < 1.29 is 14.6 Å². The maximum absolute atomic E-state index is 13.3. The quantitative estimate of drug-likeness (QED) is 0.553. The predicted molar refractivity (Wildman–Crippen MR) is 131 cm³/mol. The Morgan fingerprint density at radius 2 is 1.79 bits per heavy atom. The molecule has 0 amide bonds. The average molecular weight is 446 g/mol. The number of Topliss-reactive ketones (excluding diaryl/α,β-unsaturated/α-hetero) is 1. The molecular weight excluding hydrogens is 414 g/mol. The molecule has 0 spiro atoms. The summed E-state index contributed by atoms with van der Waals surface area (Å²) in [5, 5.41) is 11.0. The molecule has 0 radical (unpaired) electrons. The second kappa shape index (κ2) is 8.67. The molecule has 1 saturated heterocycles. The van der Waals surface area contributed by atoms with Crippen LogP contribution in [0.4, 0.5) is 5.69 Å². The predicted octanol–water partition coefficient (Wildman–Crippen LogP) is 4.74. The Morgan fingerprint density at radius 1 is 1.09 bits per heavy atom. The summed E-state index contributed by atoms with van der Waals surface area (Å²) >= 11 is 0. The van der Waals surface area contributed by atoms with Crippen molar-refractivity contribution in [2.75, 3.05) is 39.2 Å². The van der Waals surface area contributed by atoms with Gasteiger partial charge in [0.2, 0.25) is 0 Å². The topological polar surface area (TPSA) is 65.9 Å². The highest BCUT2D eigenvalue weighted by Gasteiger charge is 2.34. The number of pyridine rings is 1. The van der Waals surface area contributed by atoms with E-state index in [1.807, 2.05) is 24.3 Å². The van der Waals surface area contributed by atoms with Crippen LogP contribution in [0.1, 0.15) is 36.0 Å². The highest BCUT2D eigenvalue weighted by molar-refractivity contribution is 6.10. The van der Waals surface area contributed by atoms with Gasteiger partial charge in [-0.15, -0.1) is 0 Å². The molecule has 3 aromatic rings. The lowest BCUT2D eigenvalue weighted by atomic mass is 9.96. The van der Waals surface area contributed by atoms with E-state index in [0.29, 0.717) is 11.8 Å². The van der Waals surface area contributed by atoms with Crippen LogP contribution in [-0.4, -0.2) is 61.1 Å². The zero-order valence-electron chi connectivity index (χ0n) is 19.5. The van der Waals surface area contributed by atoms with Crippen molar-refractivity contribution in [3.8, 4) is 22.6 Å². The summed E-state index contributed by atoms with van der Waals surface area (Å²) in [5.41, 5.74) is 4.56. The molecule has 2 fully saturated rings. The number of aromatic hydroxyl groups is 1. The molecule has 2 aliphatic rings. The normalized spacial score (nSPS) is 17.3. The molecule has 1 aliphatic heterocycles. The van der Waals surface area contributed by atoms with Gasteiger partial charge >= 0.3 is 0 Å². The molecule has 172 valence electrons. The van der Waals surface area contributed by atoms with Gasteiger partial charge in [-0.2, -0.15) is 0 Å². The summed E-state index contributed by atoms with van der Waals surface area (Å²) in [6.45, 7) is 2.12. The first-order chi connectivity index (χ1) is 16.0. The number of fused-ring (bicyclic) bond motifs is 1. The number of benzene rings is 2. The fourth-order valence-electron chi connectivity index (χ4n) is 4.91. The van der Waals surface area contributed by atoms with E-state index in [0.717, 1.165) is 72.1 Å². The molecule has 0 unspecified atom stereocenters. The smallest absolute Gasteiger partial charge is 0.169 e. The van der Waals surface area contributed by atoms with Crippen LogP contribution in [0.15, 0.2) is 42.6 Å². The molecule has 1 N–H and O–H groups in total. The second-order valence-corrected chi connectivity index (χ2v) is 9.42. The van der Waals surface area contributed by atoms with Gasteiger partial charge in [-0.3, -0.25) is 9.78 Å². The molecule has 1 saturated carbocycles. The first-order valence-corrected chi connectivity index (χ1v) is 11.7. The third-order valence-corrected chi connectivity index (χ3v) is 7.15. The van der Waals surface area contributed by atoms with Crippen LogP contribution in [-0.2, 0) is 0 Å². The van der Waals surface area contributed by atoms with E-state index in [1.54, 1.807) is 19.4 Å². The van der Waals surface area contributed by atoms with Gasteiger partial charge in [-0.1, -0.05) is 12.1 Å². The van der Waals surface area contributed by atoms with Crippen LogP contribution in [0, 0.1) is 5.92 Å². The second-order valence-electron chi connectivity index (χ2n) is 9.42. The fraction of sp³-hybridized carbons (Fsp3) is 0.407. The minimum absolute atomic E-state index is 0.115. The number of rotatable bonds is 6. The van der Waals surface area contributed by atoms with E-state index in [1.165, 1.54) is 0 Å². The summed E-state index contributed by atoms with van der Waals surface area (Å²) in [6.07, 6.45) is 5.88. The lowest BCUT2D eigenvalue weighted by Gasteiger charge is -2.37. The largest absolute Gasteiger partial charge is 0.504 e. The Kier molecular flexibility index (Phi) is 5.71. The maximum atomic E-state index is 13.3. The van der Waals surface area contributed by atoms with Crippen molar-refractivity contribution >= 4 is 22.4 Å². The molecule has 1 aromatic heterocycles. The van der Waals surface area contributed by atoms with E-state index in [2.05, 4.69) is 34.9 Å². The average Bonchev–Trinajstić information content (AvgIpc) is 3.68. The minimum atomic E-state index is 0.115.